The van der Waals surface area contributed by atoms with Gasteiger partial charge in [0.2, 0.25) is 5.91 Å². The van der Waals surface area contributed by atoms with E-state index in [0.29, 0.717) is 13.0 Å². The Labute approximate surface area is 123 Å². The van der Waals surface area contributed by atoms with Gasteiger partial charge in [-0.2, -0.15) is 0 Å². The molecule has 0 radical (unpaired) electrons. The molecule has 1 atom stereocenters. The highest BCUT2D eigenvalue weighted by Gasteiger charge is 2.32. The van der Waals surface area contributed by atoms with Crippen molar-refractivity contribution in [1.29, 1.82) is 0 Å². The van der Waals surface area contributed by atoms with Crippen LogP contribution in [0.15, 0.2) is 24.3 Å². The van der Waals surface area contributed by atoms with Gasteiger partial charge in [-0.25, -0.2) is 0 Å². The minimum absolute atomic E-state index is 0.208. The fraction of sp³-hybridized carbons (Fsp3) is 0.467. The Morgan fingerprint density at radius 3 is 2.75 bits per heavy atom. The Bertz CT molecular complexity index is 490. The molecule has 1 saturated heterocycles. The number of carbonyl (C=O) groups is 2. The highest BCUT2D eigenvalue weighted by Crippen LogP contribution is 2.27. The molecule has 0 saturated carbocycles. The molecular weight excluding hydrogens is 274 g/mol. The van der Waals surface area contributed by atoms with Gasteiger partial charge < -0.3 is 4.74 Å². The van der Waals surface area contributed by atoms with Crippen molar-refractivity contribution in [2.45, 2.75) is 37.9 Å². The molecule has 1 aromatic rings. The van der Waals surface area contributed by atoms with E-state index in [0.717, 1.165) is 42.3 Å². The zero-order chi connectivity index (χ0) is 14.4. The van der Waals surface area contributed by atoms with E-state index in [1.807, 2.05) is 24.3 Å². The lowest BCUT2D eigenvalue weighted by Gasteiger charge is -2.12. The zero-order valence-corrected chi connectivity index (χ0v) is 12.4. The first-order valence-corrected chi connectivity index (χ1v) is 7.81. The van der Waals surface area contributed by atoms with E-state index in [2.05, 4.69) is 12.2 Å². The Morgan fingerprint density at radius 2 is 2.05 bits per heavy atom. The van der Waals surface area contributed by atoms with Gasteiger partial charge in [0.15, 0.2) is 0 Å². The maximum Gasteiger partial charge on any atom is 0.286 e. The Hall–Kier alpha value is -1.49. The van der Waals surface area contributed by atoms with E-state index in [-0.39, 0.29) is 16.4 Å². The van der Waals surface area contributed by atoms with E-state index in [4.69, 9.17) is 4.74 Å². The normalized spacial score (nSPS) is 18.1. The number of hydrogen-bond acceptors (Lipinski definition) is 4. The van der Waals surface area contributed by atoms with Crippen molar-refractivity contribution in [3.05, 3.63) is 29.8 Å². The molecule has 1 N–H and O–H groups in total. The van der Waals surface area contributed by atoms with Crippen LogP contribution in [0.2, 0.25) is 0 Å². The van der Waals surface area contributed by atoms with Crippen LogP contribution >= 0.6 is 11.8 Å². The molecule has 5 heteroatoms. The van der Waals surface area contributed by atoms with Gasteiger partial charge in [0, 0.05) is 0 Å². The van der Waals surface area contributed by atoms with Gasteiger partial charge >= 0.3 is 0 Å². The van der Waals surface area contributed by atoms with Gasteiger partial charge in [-0.05, 0) is 24.5 Å². The number of amides is 2. The monoisotopic (exact) mass is 293 g/mol. The molecule has 1 aliphatic rings. The van der Waals surface area contributed by atoms with Crippen molar-refractivity contribution in [1.82, 2.24) is 5.32 Å². The fourth-order valence-electron chi connectivity index (χ4n) is 2.07. The number of carbonyl (C=O) groups excluding carboxylic acids is 2. The molecule has 2 rings (SSSR count). The third-order valence-corrected chi connectivity index (χ3v) is 4.13. The summed E-state index contributed by atoms with van der Waals surface area (Å²) < 4.78 is 5.79. The molecule has 0 aromatic heterocycles. The number of benzene rings is 1. The first-order chi connectivity index (χ1) is 9.70. The van der Waals surface area contributed by atoms with E-state index in [1.54, 1.807) is 0 Å². The second-order valence-corrected chi connectivity index (χ2v) is 5.93. The topological polar surface area (TPSA) is 55.4 Å². The Morgan fingerprint density at radius 1 is 1.25 bits per heavy atom. The van der Waals surface area contributed by atoms with Crippen LogP contribution in [0.4, 0.5) is 4.79 Å². The van der Waals surface area contributed by atoms with Crippen molar-refractivity contribution < 1.29 is 14.3 Å². The van der Waals surface area contributed by atoms with Gasteiger partial charge in [-0.1, -0.05) is 49.7 Å². The largest absolute Gasteiger partial charge is 0.493 e. The summed E-state index contributed by atoms with van der Waals surface area (Å²) in [7, 11) is 0. The average molecular weight is 293 g/mol. The second kappa shape index (κ2) is 7.33. The van der Waals surface area contributed by atoms with Crippen LogP contribution in [-0.2, 0) is 11.2 Å². The van der Waals surface area contributed by atoms with Crippen molar-refractivity contribution in [2.24, 2.45) is 0 Å². The van der Waals surface area contributed by atoms with Crippen molar-refractivity contribution in [3.63, 3.8) is 0 Å². The third kappa shape index (κ3) is 4.00. The predicted molar refractivity (Wildman–Crippen MR) is 80.1 cm³/mol. The number of imide groups is 1. The molecule has 0 bridgehead atoms. The number of para-hydroxylation sites is 1. The second-order valence-electron chi connectivity index (χ2n) is 4.75. The average Bonchev–Trinajstić information content (AvgIpc) is 2.75. The lowest BCUT2D eigenvalue weighted by atomic mass is 10.1. The summed E-state index contributed by atoms with van der Waals surface area (Å²) in [4.78, 5) is 22.8. The maximum atomic E-state index is 11.6. The van der Waals surface area contributed by atoms with E-state index in [9.17, 15) is 9.59 Å². The molecule has 1 fully saturated rings. The van der Waals surface area contributed by atoms with Crippen molar-refractivity contribution >= 4 is 22.9 Å². The van der Waals surface area contributed by atoms with Crippen molar-refractivity contribution in [2.75, 3.05) is 6.61 Å². The summed E-state index contributed by atoms with van der Waals surface area (Å²) in [5, 5.41) is 1.70. The fourth-order valence-corrected chi connectivity index (χ4v) is 2.92. The summed E-state index contributed by atoms with van der Waals surface area (Å²) in [5.41, 5.74) is 0.978. The smallest absolute Gasteiger partial charge is 0.286 e. The third-order valence-electron chi connectivity index (χ3n) is 3.15. The molecular formula is C15H19NO3S. The van der Waals surface area contributed by atoms with Gasteiger partial charge in [0.05, 0.1) is 11.9 Å². The molecule has 1 unspecified atom stereocenters. The highest BCUT2D eigenvalue weighted by atomic mass is 32.2. The molecule has 2 amide bonds. The number of rotatable bonds is 7. The lowest BCUT2D eigenvalue weighted by molar-refractivity contribution is -0.118. The standard InChI is InChI=1S/C15H19NO3S/c1-2-3-6-9-19-12-8-5-4-7-11(12)10-13-14(17)16-15(18)20-13/h4-5,7-8,13H,2-3,6,9-10H2,1H3,(H,16,17,18). The first-order valence-electron chi connectivity index (χ1n) is 6.93. The number of hydrogen-bond donors (Lipinski definition) is 1. The Balaban J connectivity index is 1.97. The lowest BCUT2D eigenvalue weighted by Crippen LogP contribution is -2.25. The molecule has 1 heterocycles. The van der Waals surface area contributed by atoms with Gasteiger partial charge in [0.25, 0.3) is 5.24 Å². The number of nitrogens with one attached hydrogen (secondary N) is 1. The Kier molecular flexibility index (Phi) is 5.47. The van der Waals surface area contributed by atoms with Crippen LogP contribution in [0.1, 0.15) is 31.7 Å². The summed E-state index contributed by atoms with van der Waals surface area (Å²) in [6.07, 6.45) is 3.86. The van der Waals surface area contributed by atoms with E-state index < -0.39 is 0 Å². The molecule has 1 aromatic carbocycles. The molecule has 20 heavy (non-hydrogen) atoms. The quantitative estimate of drug-likeness (QED) is 0.785. The number of ether oxygens (including phenoxy) is 1. The van der Waals surface area contributed by atoms with Crippen molar-refractivity contribution in [3.8, 4) is 5.75 Å². The molecule has 4 nitrogen and oxygen atoms in total. The van der Waals surface area contributed by atoms with E-state index in [1.165, 1.54) is 0 Å². The van der Waals surface area contributed by atoms with Crippen LogP contribution < -0.4 is 10.1 Å². The summed E-state index contributed by atoms with van der Waals surface area (Å²) >= 11 is 1.05. The van der Waals surface area contributed by atoms with Crippen LogP contribution in [-0.4, -0.2) is 23.0 Å². The van der Waals surface area contributed by atoms with Crippen LogP contribution in [0, 0.1) is 0 Å². The first kappa shape index (κ1) is 14.9. The summed E-state index contributed by atoms with van der Waals surface area (Å²) in [6, 6.07) is 7.71. The molecule has 0 spiro atoms. The van der Waals surface area contributed by atoms with Gasteiger partial charge in [-0.3, -0.25) is 14.9 Å². The van der Waals surface area contributed by atoms with Gasteiger partial charge in [0.1, 0.15) is 5.75 Å². The maximum absolute atomic E-state index is 11.6. The summed E-state index contributed by atoms with van der Waals surface area (Å²) in [5.74, 6) is 0.608. The highest BCUT2D eigenvalue weighted by molar-refractivity contribution is 8.15. The molecule has 1 aliphatic heterocycles. The molecule has 0 aliphatic carbocycles. The number of thioether (sulfide) groups is 1. The SMILES string of the molecule is CCCCCOc1ccccc1CC1SC(=O)NC1=O. The van der Waals surface area contributed by atoms with Gasteiger partial charge in [-0.15, -0.1) is 0 Å². The predicted octanol–water partition coefficient (Wildman–Crippen LogP) is 3.15. The van der Waals surface area contributed by atoms with Crippen LogP contribution in [0.5, 0.6) is 5.75 Å². The van der Waals surface area contributed by atoms with E-state index >= 15 is 0 Å². The number of unbranched alkanes of at least 4 members (excludes halogenated alkanes) is 2. The zero-order valence-electron chi connectivity index (χ0n) is 11.6. The van der Waals surface area contributed by atoms with Crippen LogP contribution in [0.25, 0.3) is 0 Å². The minimum Gasteiger partial charge on any atom is -0.493 e. The summed E-state index contributed by atoms with van der Waals surface area (Å²) in [6.45, 7) is 2.84. The molecule has 108 valence electrons. The minimum atomic E-state index is -0.345. The van der Waals surface area contributed by atoms with Crippen LogP contribution in [0.3, 0.4) is 0 Å².